The third-order valence-corrected chi connectivity index (χ3v) is 4.00. The van der Waals surface area contributed by atoms with Crippen molar-refractivity contribution < 1.29 is 4.39 Å². The average molecular weight is 344 g/mol. The van der Waals surface area contributed by atoms with Gasteiger partial charge in [-0.3, -0.25) is 0 Å². The summed E-state index contributed by atoms with van der Waals surface area (Å²) in [5, 5.41) is 8.98. The standard InChI is InChI=1S/C16H11BrFN3/c1-2-21-14-7-6-10(9-19)8-13(14)20-16(21)11-4-3-5-12(17)15(11)18/h3-8H,2H2,1H3. The Balaban J connectivity index is 2.32. The number of nitrogens with zero attached hydrogens (tertiary/aromatic N) is 3. The van der Waals surface area contributed by atoms with E-state index >= 15 is 0 Å². The third-order valence-electron chi connectivity index (χ3n) is 3.39. The molecule has 3 rings (SSSR count). The first-order chi connectivity index (χ1) is 10.2. The molecular weight excluding hydrogens is 333 g/mol. The fraction of sp³-hybridized carbons (Fsp3) is 0.125. The molecule has 0 aliphatic carbocycles. The fourth-order valence-corrected chi connectivity index (χ4v) is 2.77. The second-order valence-corrected chi connectivity index (χ2v) is 5.45. The van der Waals surface area contributed by atoms with Gasteiger partial charge in [0, 0.05) is 6.54 Å². The first-order valence-corrected chi connectivity index (χ1v) is 7.29. The Kier molecular flexibility index (Phi) is 3.48. The van der Waals surface area contributed by atoms with E-state index in [-0.39, 0.29) is 5.82 Å². The topological polar surface area (TPSA) is 41.6 Å². The molecule has 21 heavy (non-hydrogen) atoms. The van der Waals surface area contributed by atoms with Crippen molar-refractivity contribution in [3.8, 4) is 17.5 Å². The molecule has 3 aromatic rings. The van der Waals surface area contributed by atoms with E-state index in [4.69, 9.17) is 5.26 Å². The van der Waals surface area contributed by atoms with Crippen molar-refractivity contribution in [2.75, 3.05) is 0 Å². The molecular formula is C16H11BrFN3. The lowest BCUT2D eigenvalue weighted by Crippen LogP contribution is -1.99. The van der Waals surface area contributed by atoms with Crippen LogP contribution in [-0.2, 0) is 6.54 Å². The van der Waals surface area contributed by atoms with Crippen LogP contribution >= 0.6 is 15.9 Å². The van der Waals surface area contributed by atoms with Crippen LogP contribution in [0.1, 0.15) is 12.5 Å². The molecule has 104 valence electrons. The van der Waals surface area contributed by atoms with Crippen molar-refractivity contribution in [3.05, 3.63) is 52.3 Å². The summed E-state index contributed by atoms with van der Waals surface area (Å²) in [4.78, 5) is 4.52. The zero-order chi connectivity index (χ0) is 15.0. The maximum Gasteiger partial charge on any atom is 0.148 e. The number of hydrogen-bond donors (Lipinski definition) is 0. The summed E-state index contributed by atoms with van der Waals surface area (Å²) in [6.45, 7) is 2.66. The van der Waals surface area contributed by atoms with Gasteiger partial charge in [0.2, 0.25) is 0 Å². The van der Waals surface area contributed by atoms with E-state index in [1.165, 1.54) is 0 Å². The van der Waals surface area contributed by atoms with E-state index in [9.17, 15) is 4.39 Å². The van der Waals surface area contributed by atoms with Crippen LogP contribution in [0.2, 0.25) is 0 Å². The minimum Gasteiger partial charge on any atom is -0.324 e. The second kappa shape index (κ2) is 5.30. The Morgan fingerprint density at radius 1 is 1.33 bits per heavy atom. The van der Waals surface area contributed by atoms with Crippen molar-refractivity contribution in [2.24, 2.45) is 0 Å². The van der Waals surface area contributed by atoms with E-state index in [0.717, 1.165) is 5.52 Å². The number of benzene rings is 2. The highest BCUT2D eigenvalue weighted by Crippen LogP contribution is 2.30. The van der Waals surface area contributed by atoms with E-state index in [1.807, 2.05) is 17.6 Å². The summed E-state index contributed by atoms with van der Waals surface area (Å²) in [7, 11) is 0. The van der Waals surface area contributed by atoms with Crippen LogP contribution < -0.4 is 0 Å². The highest BCUT2D eigenvalue weighted by Gasteiger charge is 2.16. The maximum absolute atomic E-state index is 14.3. The number of hydrogen-bond acceptors (Lipinski definition) is 2. The van der Waals surface area contributed by atoms with Crippen LogP contribution in [0.5, 0.6) is 0 Å². The van der Waals surface area contributed by atoms with Gasteiger partial charge in [0.15, 0.2) is 0 Å². The smallest absolute Gasteiger partial charge is 0.148 e. The van der Waals surface area contributed by atoms with Crippen molar-refractivity contribution in [2.45, 2.75) is 13.5 Å². The van der Waals surface area contributed by atoms with Crippen LogP contribution in [0.25, 0.3) is 22.4 Å². The first-order valence-electron chi connectivity index (χ1n) is 6.50. The van der Waals surface area contributed by atoms with Gasteiger partial charge in [0.1, 0.15) is 11.6 Å². The van der Waals surface area contributed by atoms with Gasteiger partial charge in [-0.1, -0.05) is 6.07 Å². The molecule has 0 unspecified atom stereocenters. The number of halogens is 2. The summed E-state index contributed by atoms with van der Waals surface area (Å²) in [6.07, 6.45) is 0. The molecule has 0 saturated heterocycles. The molecule has 0 fully saturated rings. The summed E-state index contributed by atoms with van der Waals surface area (Å²) < 4.78 is 16.7. The van der Waals surface area contributed by atoms with Crippen LogP contribution in [-0.4, -0.2) is 9.55 Å². The zero-order valence-electron chi connectivity index (χ0n) is 11.3. The van der Waals surface area contributed by atoms with E-state index < -0.39 is 0 Å². The lowest BCUT2D eigenvalue weighted by atomic mass is 10.2. The highest BCUT2D eigenvalue weighted by atomic mass is 79.9. The number of rotatable bonds is 2. The summed E-state index contributed by atoms with van der Waals surface area (Å²) in [5.74, 6) is 0.240. The summed E-state index contributed by atoms with van der Waals surface area (Å²) >= 11 is 3.20. The Labute approximate surface area is 129 Å². The molecule has 0 radical (unpaired) electrons. The van der Waals surface area contributed by atoms with Gasteiger partial charge in [-0.25, -0.2) is 9.37 Å². The van der Waals surface area contributed by atoms with Crippen LogP contribution in [0.4, 0.5) is 4.39 Å². The largest absolute Gasteiger partial charge is 0.324 e. The number of nitriles is 1. The Morgan fingerprint density at radius 2 is 2.14 bits per heavy atom. The molecule has 1 aromatic heterocycles. The molecule has 2 aromatic carbocycles. The Bertz CT molecular complexity index is 877. The number of aromatic nitrogens is 2. The first kappa shape index (κ1) is 13.8. The average Bonchev–Trinajstić information content (AvgIpc) is 2.87. The molecule has 5 heteroatoms. The van der Waals surface area contributed by atoms with Crippen molar-refractivity contribution in [3.63, 3.8) is 0 Å². The summed E-state index contributed by atoms with van der Waals surface area (Å²) in [6, 6.07) is 12.6. The van der Waals surface area contributed by atoms with Gasteiger partial charge in [-0.2, -0.15) is 5.26 Å². The lowest BCUT2D eigenvalue weighted by Gasteiger charge is -2.07. The Hall–Kier alpha value is -2.19. The number of imidazole rings is 1. The predicted molar refractivity (Wildman–Crippen MR) is 83.2 cm³/mol. The monoisotopic (exact) mass is 343 g/mol. The molecule has 0 N–H and O–H groups in total. The van der Waals surface area contributed by atoms with Gasteiger partial charge >= 0.3 is 0 Å². The van der Waals surface area contributed by atoms with E-state index in [2.05, 4.69) is 27.0 Å². The van der Waals surface area contributed by atoms with Crippen LogP contribution in [0, 0.1) is 17.1 Å². The minimum absolute atomic E-state index is 0.331. The molecule has 0 saturated carbocycles. The van der Waals surface area contributed by atoms with Gasteiger partial charge in [-0.15, -0.1) is 0 Å². The highest BCUT2D eigenvalue weighted by molar-refractivity contribution is 9.10. The molecule has 0 amide bonds. The molecule has 3 nitrogen and oxygen atoms in total. The molecule has 0 bridgehead atoms. The van der Waals surface area contributed by atoms with Gasteiger partial charge < -0.3 is 4.57 Å². The molecule has 0 aliphatic heterocycles. The van der Waals surface area contributed by atoms with Crippen molar-refractivity contribution >= 4 is 27.0 Å². The molecule has 0 atom stereocenters. The van der Waals surface area contributed by atoms with Gasteiger partial charge in [-0.05, 0) is 53.2 Å². The van der Waals surface area contributed by atoms with Gasteiger partial charge in [0.25, 0.3) is 0 Å². The normalized spacial score (nSPS) is 10.8. The van der Waals surface area contributed by atoms with E-state index in [0.29, 0.717) is 33.5 Å². The molecule has 1 heterocycles. The molecule has 0 aliphatic rings. The van der Waals surface area contributed by atoms with Crippen molar-refractivity contribution in [1.82, 2.24) is 9.55 Å². The van der Waals surface area contributed by atoms with Crippen LogP contribution in [0.3, 0.4) is 0 Å². The quantitative estimate of drug-likeness (QED) is 0.687. The number of fused-ring (bicyclic) bond motifs is 1. The fourth-order valence-electron chi connectivity index (χ4n) is 2.40. The zero-order valence-corrected chi connectivity index (χ0v) is 12.9. The maximum atomic E-state index is 14.3. The second-order valence-electron chi connectivity index (χ2n) is 4.60. The molecule has 0 spiro atoms. The van der Waals surface area contributed by atoms with Gasteiger partial charge in [0.05, 0.1) is 32.7 Å². The lowest BCUT2D eigenvalue weighted by molar-refractivity contribution is 0.621. The van der Waals surface area contributed by atoms with E-state index in [1.54, 1.807) is 30.3 Å². The minimum atomic E-state index is -0.331. The summed E-state index contributed by atoms with van der Waals surface area (Å²) in [5.41, 5.74) is 2.58. The third kappa shape index (κ3) is 2.22. The number of aryl methyl sites for hydroxylation is 1. The Morgan fingerprint density at radius 3 is 2.86 bits per heavy atom. The predicted octanol–water partition coefficient (Wildman–Crippen LogP) is 4.50. The van der Waals surface area contributed by atoms with Crippen LogP contribution in [0.15, 0.2) is 40.9 Å². The SMILES string of the molecule is CCn1c(-c2cccc(Br)c2F)nc2cc(C#N)ccc21. The van der Waals surface area contributed by atoms with Crippen molar-refractivity contribution in [1.29, 1.82) is 5.26 Å².